The van der Waals surface area contributed by atoms with Crippen LogP contribution < -0.4 is 10.1 Å². The van der Waals surface area contributed by atoms with E-state index in [1.807, 2.05) is 7.05 Å². The predicted octanol–water partition coefficient (Wildman–Crippen LogP) is 0.526. The Labute approximate surface area is 149 Å². The second-order valence-corrected chi connectivity index (χ2v) is 8.96. The number of carbonyl (C=O) groups excluding carboxylic acids is 1. The molecule has 25 heavy (non-hydrogen) atoms. The number of amides is 1. The van der Waals surface area contributed by atoms with Gasteiger partial charge in [-0.2, -0.15) is 4.31 Å². The number of ether oxygens (including phenoxy) is 1. The molecular weight excluding hydrogens is 342 g/mol. The Morgan fingerprint density at radius 1 is 1.28 bits per heavy atom. The highest BCUT2D eigenvalue weighted by atomic mass is 32.2. The van der Waals surface area contributed by atoms with Crippen molar-refractivity contribution in [2.45, 2.75) is 23.8 Å². The molecule has 0 spiro atoms. The standard InChI is InChI=1S/C17H25N3O4S/c1-13(21)18-17-8-9-19(2)10-14(17)11-20(12-17)25(22,23)16-6-4-15(24-3)5-7-16/h4-7,14H,8-12H2,1-3H3,(H,18,21)/t14-,17-/m1/s1. The highest BCUT2D eigenvalue weighted by Crippen LogP contribution is 2.37. The molecule has 8 heteroatoms. The molecule has 2 aliphatic rings. The number of nitrogens with zero attached hydrogens (tertiary/aromatic N) is 2. The lowest BCUT2D eigenvalue weighted by molar-refractivity contribution is -0.121. The summed E-state index contributed by atoms with van der Waals surface area (Å²) in [6, 6.07) is 6.42. The molecule has 0 radical (unpaired) electrons. The van der Waals surface area contributed by atoms with Gasteiger partial charge in [-0.15, -0.1) is 0 Å². The molecule has 2 fully saturated rings. The number of sulfonamides is 1. The van der Waals surface area contributed by atoms with Crippen LogP contribution in [0.3, 0.4) is 0 Å². The van der Waals surface area contributed by atoms with Gasteiger partial charge in [0.05, 0.1) is 17.5 Å². The average molecular weight is 367 g/mol. The third kappa shape index (κ3) is 3.38. The number of hydrogen-bond donors (Lipinski definition) is 1. The van der Waals surface area contributed by atoms with Crippen molar-refractivity contribution < 1.29 is 17.9 Å². The minimum atomic E-state index is -3.61. The van der Waals surface area contributed by atoms with E-state index in [1.165, 1.54) is 11.2 Å². The van der Waals surface area contributed by atoms with Crippen molar-refractivity contribution in [1.29, 1.82) is 0 Å². The molecule has 2 atom stereocenters. The topological polar surface area (TPSA) is 79.0 Å². The summed E-state index contributed by atoms with van der Waals surface area (Å²) in [5.74, 6) is 0.590. The Kier molecular flexibility index (Phi) is 4.78. The molecule has 1 aromatic carbocycles. The SMILES string of the molecule is COc1ccc(S(=O)(=O)N2C[C@H]3CN(C)CC[C@@]3(NC(C)=O)C2)cc1. The number of methoxy groups -OCH3 is 1. The highest BCUT2D eigenvalue weighted by Gasteiger charge is 2.52. The molecule has 0 aliphatic carbocycles. The van der Waals surface area contributed by atoms with Gasteiger partial charge in [-0.05, 0) is 37.7 Å². The first kappa shape index (κ1) is 18.2. The van der Waals surface area contributed by atoms with Crippen LogP contribution in [0.5, 0.6) is 5.75 Å². The minimum Gasteiger partial charge on any atom is -0.497 e. The highest BCUT2D eigenvalue weighted by molar-refractivity contribution is 7.89. The van der Waals surface area contributed by atoms with Crippen molar-refractivity contribution in [2.75, 3.05) is 40.3 Å². The summed E-state index contributed by atoms with van der Waals surface area (Å²) in [5, 5.41) is 3.06. The fraction of sp³-hybridized carbons (Fsp3) is 0.588. The number of likely N-dealkylation sites (tertiary alicyclic amines) is 1. The van der Waals surface area contributed by atoms with Crippen molar-refractivity contribution >= 4 is 15.9 Å². The zero-order valence-corrected chi connectivity index (χ0v) is 15.7. The van der Waals surface area contributed by atoms with E-state index in [0.29, 0.717) is 18.8 Å². The third-order valence-corrected chi connectivity index (χ3v) is 7.08. The Morgan fingerprint density at radius 3 is 2.56 bits per heavy atom. The average Bonchev–Trinajstić information content (AvgIpc) is 2.93. The first-order chi connectivity index (χ1) is 11.8. The fourth-order valence-corrected chi connectivity index (χ4v) is 5.49. The number of benzene rings is 1. The number of nitrogens with one attached hydrogen (secondary N) is 1. The Hall–Kier alpha value is -1.64. The summed E-state index contributed by atoms with van der Waals surface area (Å²) in [6.07, 6.45) is 0.752. The van der Waals surface area contributed by atoms with E-state index >= 15 is 0 Å². The molecule has 7 nitrogen and oxygen atoms in total. The molecule has 0 saturated carbocycles. The maximum absolute atomic E-state index is 13.0. The third-order valence-electron chi connectivity index (χ3n) is 5.26. The lowest BCUT2D eigenvalue weighted by atomic mass is 9.80. The Balaban J connectivity index is 1.88. The van der Waals surface area contributed by atoms with Crippen LogP contribution in [-0.4, -0.2) is 69.4 Å². The largest absolute Gasteiger partial charge is 0.497 e. The van der Waals surface area contributed by atoms with E-state index in [1.54, 1.807) is 31.4 Å². The van der Waals surface area contributed by atoms with Gasteiger partial charge in [-0.25, -0.2) is 8.42 Å². The monoisotopic (exact) mass is 367 g/mol. The van der Waals surface area contributed by atoms with Gasteiger partial charge in [0.25, 0.3) is 0 Å². The van der Waals surface area contributed by atoms with Crippen LogP contribution in [0.25, 0.3) is 0 Å². The van der Waals surface area contributed by atoms with Gasteiger partial charge in [-0.3, -0.25) is 4.79 Å². The summed E-state index contributed by atoms with van der Waals surface area (Å²) in [5.41, 5.74) is -0.474. The van der Waals surface area contributed by atoms with Crippen molar-refractivity contribution in [2.24, 2.45) is 5.92 Å². The van der Waals surface area contributed by atoms with E-state index < -0.39 is 15.6 Å². The molecule has 1 amide bonds. The summed E-state index contributed by atoms with van der Waals surface area (Å²) in [7, 11) is -0.0352. The van der Waals surface area contributed by atoms with Crippen LogP contribution in [0.4, 0.5) is 0 Å². The predicted molar refractivity (Wildman–Crippen MR) is 93.9 cm³/mol. The molecule has 1 aromatic rings. The van der Waals surface area contributed by atoms with Crippen LogP contribution in [0.1, 0.15) is 13.3 Å². The molecule has 138 valence electrons. The number of fused-ring (bicyclic) bond motifs is 1. The van der Waals surface area contributed by atoms with Gasteiger partial charge in [-0.1, -0.05) is 0 Å². The number of piperidine rings is 1. The molecule has 2 aliphatic heterocycles. The maximum atomic E-state index is 13.0. The van der Waals surface area contributed by atoms with Crippen molar-refractivity contribution in [1.82, 2.24) is 14.5 Å². The molecule has 0 bridgehead atoms. The molecule has 0 unspecified atom stereocenters. The van der Waals surface area contributed by atoms with Gasteiger partial charge in [0.1, 0.15) is 5.75 Å². The first-order valence-electron chi connectivity index (χ1n) is 8.38. The van der Waals surface area contributed by atoms with E-state index in [0.717, 1.165) is 19.5 Å². The van der Waals surface area contributed by atoms with Gasteiger partial charge >= 0.3 is 0 Å². The molecular formula is C17H25N3O4S. The van der Waals surface area contributed by atoms with Gasteiger partial charge in [0.15, 0.2) is 0 Å². The zero-order chi connectivity index (χ0) is 18.2. The van der Waals surface area contributed by atoms with Crippen LogP contribution in [-0.2, 0) is 14.8 Å². The van der Waals surface area contributed by atoms with Gasteiger partial charge in [0.2, 0.25) is 15.9 Å². The summed E-state index contributed by atoms with van der Waals surface area (Å²) in [4.78, 5) is 14.2. The molecule has 2 heterocycles. The normalized spacial score (nSPS) is 27.7. The van der Waals surface area contributed by atoms with Crippen LogP contribution in [0.2, 0.25) is 0 Å². The molecule has 0 aromatic heterocycles. The molecule has 2 saturated heterocycles. The number of hydrogen-bond acceptors (Lipinski definition) is 5. The first-order valence-corrected chi connectivity index (χ1v) is 9.82. The van der Waals surface area contributed by atoms with Crippen LogP contribution in [0.15, 0.2) is 29.2 Å². The summed E-state index contributed by atoms with van der Waals surface area (Å²) >= 11 is 0. The quantitative estimate of drug-likeness (QED) is 0.840. The van der Waals surface area contributed by atoms with E-state index in [4.69, 9.17) is 4.74 Å². The lowest BCUT2D eigenvalue weighted by Crippen LogP contribution is -2.60. The van der Waals surface area contributed by atoms with Crippen LogP contribution in [0, 0.1) is 5.92 Å². The second kappa shape index (κ2) is 6.59. The second-order valence-electron chi connectivity index (χ2n) is 7.02. The van der Waals surface area contributed by atoms with Crippen LogP contribution >= 0.6 is 0 Å². The van der Waals surface area contributed by atoms with E-state index in [-0.39, 0.29) is 16.7 Å². The zero-order valence-electron chi connectivity index (χ0n) is 14.9. The van der Waals surface area contributed by atoms with Crippen molar-refractivity contribution in [3.8, 4) is 5.75 Å². The summed E-state index contributed by atoms with van der Waals surface area (Å²) < 4.78 is 32.7. The molecule has 3 rings (SSSR count). The van der Waals surface area contributed by atoms with Crippen molar-refractivity contribution in [3.63, 3.8) is 0 Å². The lowest BCUT2D eigenvalue weighted by Gasteiger charge is -2.42. The molecule has 1 N–H and O–H groups in total. The van der Waals surface area contributed by atoms with E-state index in [2.05, 4.69) is 10.2 Å². The number of rotatable bonds is 4. The van der Waals surface area contributed by atoms with Crippen molar-refractivity contribution in [3.05, 3.63) is 24.3 Å². The summed E-state index contributed by atoms with van der Waals surface area (Å²) in [6.45, 7) is 3.84. The van der Waals surface area contributed by atoms with Gasteiger partial charge in [0, 0.05) is 39.0 Å². The van der Waals surface area contributed by atoms with E-state index in [9.17, 15) is 13.2 Å². The smallest absolute Gasteiger partial charge is 0.243 e. The van der Waals surface area contributed by atoms with Gasteiger partial charge < -0.3 is 15.0 Å². The fourth-order valence-electron chi connectivity index (χ4n) is 3.94. The number of carbonyl (C=O) groups is 1. The Morgan fingerprint density at radius 2 is 1.96 bits per heavy atom. The maximum Gasteiger partial charge on any atom is 0.243 e. The Bertz CT molecular complexity index is 750. The minimum absolute atomic E-state index is 0.0863.